The Morgan fingerprint density at radius 1 is 0.577 bits per heavy atom. The van der Waals surface area contributed by atoms with Crippen LogP contribution in [0.5, 0.6) is 0 Å². The Labute approximate surface area is 154 Å². The van der Waals surface area contributed by atoms with E-state index in [0.29, 0.717) is 11.4 Å². The summed E-state index contributed by atoms with van der Waals surface area (Å²) in [5.41, 5.74) is 2.66. The van der Waals surface area contributed by atoms with Gasteiger partial charge in [0.2, 0.25) is 0 Å². The van der Waals surface area contributed by atoms with Crippen molar-refractivity contribution in [3.63, 3.8) is 0 Å². The average Bonchev–Trinajstić information content (AvgIpc) is 2.55. The number of benzene rings is 2. The predicted octanol–water partition coefficient (Wildman–Crippen LogP) is 1.79. The molecule has 0 fully saturated rings. The van der Waals surface area contributed by atoms with Crippen molar-refractivity contribution in [2.24, 2.45) is 0 Å². The van der Waals surface area contributed by atoms with E-state index in [1.165, 1.54) is 28.2 Å². The third kappa shape index (κ3) is 4.94. The third-order valence-electron chi connectivity index (χ3n) is 3.56. The van der Waals surface area contributed by atoms with E-state index in [1.807, 2.05) is 0 Å². The summed E-state index contributed by atoms with van der Waals surface area (Å²) >= 11 is 0. The zero-order valence-corrected chi connectivity index (χ0v) is 16.6. The maximum absolute atomic E-state index is 11.8. The highest BCUT2D eigenvalue weighted by Crippen LogP contribution is 2.24. The van der Waals surface area contributed by atoms with Crippen molar-refractivity contribution in [1.29, 1.82) is 0 Å². The lowest BCUT2D eigenvalue weighted by Gasteiger charge is -2.14. The van der Waals surface area contributed by atoms with Gasteiger partial charge in [-0.15, -0.1) is 0 Å². The molecule has 0 aliphatic carbocycles. The van der Waals surface area contributed by atoms with Crippen LogP contribution in [0, 0.1) is 0 Å². The number of rotatable bonds is 7. The predicted molar refractivity (Wildman–Crippen MR) is 104 cm³/mol. The van der Waals surface area contributed by atoms with Gasteiger partial charge < -0.3 is 0 Å². The van der Waals surface area contributed by atoms with E-state index < -0.39 is 20.4 Å². The van der Waals surface area contributed by atoms with E-state index in [9.17, 15) is 16.8 Å². The Kier molecular flexibility index (Phi) is 5.91. The van der Waals surface area contributed by atoms with E-state index in [4.69, 9.17) is 0 Å². The fourth-order valence-corrected chi connectivity index (χ4v) is 3.17. The Balaban J connectivity index is 2.15. The van der Waals surface area contributed by atoms with Gasteiger partial charge in [0.1, 0.15) is 0 Å². The van der Waals surface area contributed by atoms with Gasteiger partial charge in [0.05, 0.1) is 0 Å². The molecule has 0 atom stereocenters. The van der Waals surface area contributed by atoms with Crippen LogP contribution in [-0.4, -0.2) is 53.6 Å². The first-order valence-corrected chi connectivity index (χ1v) is 10.5. The molecule has 0 saturated heterocycles. The molecule has 0 radical (unpaired) electrons. The molecule has 2 N–H and O–H groups in total. The SMILES string of the molecule is CN(C)S(=O)(=O)Nc1ccc(-c2ccc(NS(=O)(=O)N(C)C)cc2)cc1. The molecule has 2 aromatic carbocycles. The minimum absolute atomic E-state index is 0.456. The molecule has 0 aromatic heterocycles. The Morgan fingerprint density at radius 2 is 0.846 bits per heavy atom. The van der Waals surface area contributed by atoms with Crippen LogP contribution in [0.2, 0.25) is 0 Å². The summed E-state index contributed by atoms with van der Waals surface area (Å²) in [4.78, 5) is 0. The zero-order chi connectivity index (χ0) is 19.5. The highest BCUT2D eigenvalue weighted by atomic mass is 32.2. The van der Waals surface area contributed by atoms with Crippen LogP contribution in [0.4, 0.5) is 11.4 Å². The molecule has 0 aliphatic heterocycles. The standard InChI is InChI=1S/C16H22N4O4S2/c1-19(2)25(21,22)17-15-9-5-13(6-10-15)14-7-11-16(12-8-14)18-26(23,24)20(3)4/h5-12,17-18H,1-4H3. The fourth-order valence-electron chi connectivity index (χ4n) is 1.94. The van der Waals surface area contributed by atoms with Crippen LogP contribution in [-0.2, 0) is 20.4 Å². The van der Waals surface area contributed by atoms with Gasteiger partial charge in [-0.2, -0.15) is 25.4 Å². The van der Waals surface area contributed by atoms with E-state index in [-0.39, 0.29) is 0 Å². The number of anilines is 2. The minimum Gasteiger partial charge on any atom is -0.271 e. The van der Waals surface area contributed by atoms with Crippen molar-refractivity contribution in [3.8, 4) is 11.1 Å². The van der Waals surface area contributed by atoms with E-state index in [2.05, 4.69) is 9.44 Å². The molecule has 0 spiro atoms. The third-order valence-corrected chi connectivity index (χ3v) is 6.47. The van der Waals surface area contributed by atoms with Gasteiger partial charge in [-0.1, -0.05) is 24.3 Å². The van der Waals surface area contributed by atoms with Crippen molar-refractivity contribution in [1.82, 2.24) is 8.61 Å². The van der Waals surface area contributed by atoms with E-state index in [1.54, 1.807) is 48.5 Å². The summed E-state index contributed by atoms with van der Waals surface area (Å²) in [6.45, 7) is 0. The lowest BCUT2D eigenvalue weighted by Crippen LogP contribution is -2.28. The topological polar surface area (TPSA) is 98.8 Å². The van der Waals surface area contributed by atoms with Gasteiger partial charge in [0.15, 0.2) is 0 Å². The normalized spacial score (nSPS) is 12.4. The van der Waals surface area contributed by atoms with Crippen molar-refractivity contribution in [2.45, 2.75) is 0 Å². The molecule has 8 nitrogen and oxygen atoms in total. The molecular weight excluding hydrogens is 376 g/mol. The molecule has 0 aliphatic rings. The van der Waals surface area contributed by atoms with Crippen LogP contribution in [0.3, 0.4) is 0 Å². The second kappa shape index (κ2) is 7.62. The molecule has 0 amide bonds. The Hall–Kier alpha value is -2.14. The molecule has 0 saturated carbocycles. The summed E-state index contributed by atoms with van der Waals surface area (Å²) in [7, 11) is -1.30. The molecule has 26 heavy (non-hydrogen) atoms. The van der Waals surface area contributed by atoms with E-state index >= 15 is 0 Å². The van der Waals surface area contributed by atoms with Gasteiger partial charge in [-0.25, -0.2) is 0 Å². The van der Waals surface area contributed by atoms with Crippen molar-refractivity contribution in [2.75, 3.05) is 37.6 Å². The number of hydrogen-bond acceptors (Lipinski definition) is 4. The Morgan fingerprint density at radius 3 is 1.08 bits per heavy atom. The van der Waals surface area contributed by atoms with E-state index in [0.717, 1.165) is 19.7 Å². The monoisotopic (exact) mass is 398 g/mol. The lowest BCUT2D eigenvalue weighted by molar-refractivity contribution is 0.525. The van der Waals surface area contributed by atoms with Crippen LogP contribution in [0.1, 0.15) is 0 Å². The summed E-state index contributed by atoms with van der Waals surface area (Å²) in [6, 6.07) is 13.8. The Bertz CT molecular complexity index is 871. The highest BCUT2D eigenvalue weighted by Gasteiger charge is 2.14. The summed E-state index contributed by atoms with van der Waals surface area (Å²) < 4.78 is 54.3. The summed E-state index contributed by atoms with van der Waals surface area (Å²) in [6.07, 6.45) is 0. The molecule has 0 heterocycles. The lowest BCUT2D eigenvalue weighted by atomic mass is 10.1. The van der Waals surface area contributed by atoms with Gasteiger partial charge in [0.25, 0.3) is 0 Å². The molecule has 0 bridgehead atoms. The summed E-state index contributed by atoms with van der Waals surface area (Å²) in [5.74, 6) is 0. The van der Waals surface area contributed by atoms with Crippen molar-refractivity contribution < 1.29 is 16.8 Å². The first-order chi connectivity index (χ1) is 12.0. The number of nitrogens with one attached hydrogen (secondary N) is 2. The van der Waals surface area contributed by atoms with Gasteiger partial charge in [-0.3, -0.25) is 9.44 Å². The molecule has 10 heteroatoms. The summed E-state index contributed by atoms with van der Waals surface area (Å²) in [5, 5.41) is 0. The largest absolute Gasteiger partial charge is 0.301 e. The van der Waals surface area contributed by atoms with Crippen LogP contribution >= 0.6 is 0 Å². The van der Waals surface area contributed by atoms with Crippen molar-refractivity contribution >= 4 is 31.8 Å². The maximum atomic E-state index is 11.8. The average molecular weight is 399 g/mol. The van der Waals surface area contributed by atoms with Gasteiger partial charge in [0, 0.05) is 39.6 Å². The maximum Gasteiger partial charge on any atom is 0.301 e. The van der Waals surface area contributed by atoms with Gasteiger partial charge in [-0.05, 0) is 35.4 Å². The van der Waals surface area contributed by atoms with Crippen LogP contribution in [0.15, 0.2) is 48.5 Å². The van der Waals surface area contributed by atoms with Gasteiger partial charge >= 0.3 is 20.4 Å². The molecule has 142 valence electrons. The highest BCUT2D eigenvalue weighted by molar-refractivity contribution is 7.90. The molecular formula is C16H22N4O4S2. The molecule has 2 aromatic rings. The van der Waals surface area contributed by atoms with Crippen LogP contribution < -0.4 is 9.44 Å². The van der Waals surface area contributed by atoms with Crippen molar-refractivity contribution in [3.05, 3.63) is 48.5 Å². The molecule has 0 unspecified atom stereocenters. The first-order valence-electron chi connectivity index (χ1n) is 7.62. The zero-order valence-electron chi connectivity index (χ0n) is 15.0. The number of nitrogens with zero attached hydrogens (tertiary/aromatic N) is 2. The smallest absolute Gasteiger partial charge is 0.271 e. The molecule has 2 rings (SSSR count). The first kappa shape index (κ1) is 20.2. The second-order valence-electron chi connectivity index (χ2n) is 5.93. The fraction of sp³-hybridized carbons (Fsp3) is 0.250. The van der Waals surface area contributed by atoms with Crippen LogP contribution in [0.25, 0.3) is 11.1 Å². The second-order valence-corrected chi connectivity index (χ2v) is 9.70. The quantitative estimate of drug-likeness (QED) is 0.743. The minimum atomic E-state index is -3.54. The number of hydrogen-bond donors (Lipinski definition) is 2.